The van der Waals surface area contributed by atoms with Crippen molar-refractivity contribution < 1.29 is 8.78 Å². The summed E-state index contributed by atoms with van der Waals surface area (Å²) in [6, 6.07) is 4.46. The van der Waals surface area contributed by atoms with Crippen LogP contribution < -0.4 is 11.3 Å². The van der Waals surface area contributed by atoms with Gasteiger partial charge < -0.3 is 0 Å². The minimum atomic E-state index is -0.848. The van der Waals surface area contributed by atoms with E-state index < -0.39 is 17.7 Å². The van der Waals surface area contributed by atoms with E-state index in [1.54, 1.807) is 12.1 Å². The first kappa shape index (κ1) is 13.9. The number of hydrogen-bond donors (Lipinski definition) is 2. The monoisotopic (exact) mass is 380 g/mol. The Bertz CT molecular complexity index is 571. The van der Waals surface area contributed by atoms with Gasteiger partial charge in [0.2, 0.25) is 0 Å². The maximum absolute atomic E-state index is 13.9. The third kappa shape index (κ3) is 2.56. The number of benzene rings is 1. The zero-order chi connectivity index (χ0) is 13.3. The van der Waals surface area contributed by atoms with Gasteiger partial charge in [-0.2, -0.15) is 0 Å². The number of hydrazine groups is 1. The van der Waals surface area contributed by atoms with Crippen molar-refractivity contribution in [1.82, 2.24) is 5.43 Å². The summed E-state index contributed by atoms with van der Waals surface area (Å²) < 4.78 is 28.6. The molecule has 3 N–H and O–H groups in total. The van der Waals surface area contributed by atoms with Gasteiger partial charge in [0.05, 0.1) is 8.93 Å². The molecule has 1 aromatic carbocycles. The second kappa shape index (κ2) is 5.60. The van der Waals surface area contributed by atoms with E-state index in [0.717, 1.165) is 8.45 Å². The van der Waals surface area contributed by atoms with E-state index in [9.17, 15) is 8.78 Å². The van der Waals surface area contributed by atoms with Crippen LogP contribution in [0.5, 0.6) is 0 Å². The summed E-state index contributed by atoms with van der Waals surface area (Å²) in [7, 11) is 0. The molecule has 0 amide bonds. The van der Waals surface area contributed by atoms with Crippen molar-refractivity contribution in [1.29, 1.82) is 0 Å². The molecule has 1 unspecified atom stereocenters. The van der Waals surface area contributed by atoms with Crippen LogP contribution in [0.4, 0.5) is 8.78 Å². The van der Waals surface area contributed by atoms with Crippen LogP contribution in [0.15, 0.2) is 23.6 Å². The molecule has 2 aromatic rings. The number of nitrogens with two attached hydrogens (primary N) is 1. The Kier molecular flexibility index (Phi) is 4.31. The molecule has 0 fully saturated rings. The minimum Gasteiger partial charge on any atom is -0.271 e. The Morgan fingerprint density at radius 1 is 1.33 bits per heavy atom. The van der Waals surface area contributed by atoms with Gasteiger partial charge in [0.1, 0.15) is 0 Å². The molecular formula is C12H11F2IN2S. The molecule has 0 saturated heterocycles. The van der Waals surface area contributed by atoms with Crippen LogP contribution in [0.2, 0.25) is 0 Å². The van der Waals surface area contributed by atoms with E-state index in [4.69, 9.17) is 5.84 Å². The maximum Gasteiger partial charge on any atom is 0.164 e. The number of hydrogen-bond acceptors (Lipinski definition) is 3. The highest BCUT2D eigenvalue weighted by atomic mass is 127. The summed E-state index contributed by atoms with van der Waals surface area (Å²) in [6.07, 6.45) is 0. The lowest BCUT2D eigenvalue weighted by Crippen LogP contribution is -2.29. The molecule has 0 saturated carbocycles. The molecule has 1 aromatic heterocycles. The molecule has 0 aliphatic carbocycles. The third-order valence-corrected chi connectivity index (χ3v) is 4.51. The van der Waals surface area contributed by atoms with Crippen molar-refractivity contribution in [3.8, 4) is 0 Å². The molecule has 2 nitrogen and oxygen atoms in total. The summed E-state index contributed by atoms with van der Waals surface area (Å²) in [6.45, 7) is 1.53. The Labute approximate surface area is 121 Å². The molecule has 0 spiro atoms. The number of rotatable bonds is 3. The molecule has 1 atom stereocenters. The van der Waals surface area contributed by atoms with Crippen molar-refractivity contribution in [2.24, 2.45) is 5.84 Å². The first-order valence-electron chi connectivity index (χ1n) is 5.19. The summed E-state index contributed by atoms with van der Waals surface area (Å²) in [5.74, 6) is 3.80. The quantitative estimate of drug-likeness (QED) is 0.486. The lowest BCUT2D eigenvalue weighted by Gasteiger charge is -2.16. The fourth-order valence-electron chi connectivity index (χ4n) is 1.72. The van der Waals surface area contributed by atoms with Crippen LogP contribution in [-0.4, -0.2) is 0 Å². The summed E-state index contributed by atoms with van der Waals surface area (Å²) in [5.41, 5.74) is 3.86. The molecule has 6 heteroatoms. The summed E-state index contributed by atoms with van der Waals surface area (Å²) >= 11 is 3.70. The Morgan fingerprint density at radius 2 is 2.06 bits per heavy atom. The SMILES string of the molecule is Cc1ccc(C(NN)c2csc(I)c2)c(F)c1F. The van der Waals surface area contributed by atoms with Crippen molar-refractivity contribution in [2.45, 2.75) is 13.0 Å². The van der Waals surface area contributed by atoms with Crippen LogP contribution in [0.3, 0.4) is 0 Å². The van der Waals surface area contributed by atoms with E-state index in [1.807, 2.05) is 11.4 Å². The minimum absolute atomic E-state index is 0.217. The van der Waals surface area contributed by atoms with Gasteiger partial charge in [-0.3, -0.25) is 5.84 Å². The predicted octanol–water partition coefficient (Wildman–Crippen LogP) is 3.49. The van der Waals surface area contributed by atoms with E-state index in [0.29, 0.717) is 0 Å². The van der Waals surface area contributed by atoms with E-state index >= 15 is 0 Å². The summed E-state index contributed by atoms with van der Waals surface area (Å²) in [4.78, 5) is 0. The second-order valence-corrected chi connectivity index (χ2v) is 6.69. The largest absolute Gasteiger partial charge is 0.271 e. The van der Waals surface area contributed by atoms with Gasteiger partial charge in [0.15, 0.2) is 11.6 Å². The van der Waals surface area contributed by atoms with Gasteiger partial charge in [-0.05, 0) is 52.1 Å². The highest BCUT2D eigenvalue weighted by molar-refractivity contribution is 14.1. The lowest BCUT2D eigenvalue weighted by molar-refractivity contribution is 0.479. The van der Waals surface area contributed by atoms with Gasteiger partial charge in [-0.15, -0.1) is 11.3 Å². The topological polar surface area (TPSA) is 38.0 Å². The number of thiophene rings is 1. The Hall–Kier alpha value is -0.570. The second-order valence-electron chi connectivity index (χ2n) is 3.88. The number of aryl methyl sites for hydroxylation is 1. The Morgan fingerprint density at radius 3 is 2.61 bits per heavy atom. The maximum atomic E-state index is 13.9. The zero-order valence-corrected chi connectivity index (χ0v) is 12.5. The van der Waals surface area contributed by atoms with Crippen LogP contribution in [0, 0.1) is 21.4 Å². The van der Waals surface area contributed by atoms with Crippen molar-refractivity contribution in [2.75, 3.05) is 0 Å². The van der Waals surface area contributed by atoms with E-state index in [-0.39, 0.29) is 11.1 Å². The van der Waals surface area contributed by atoms with Crippen molar-refractivity contribution in [3.05, 3.63) is 54.8 Å². The molecule has 1 heterocycles. The van der Waals surface area contributed by atoms with Gasteiger partial charge in [0.25, 0.3) is 0 Å². The fraction of sp³-hybridized carbons (Fsp3) is 0.167. The van der Waals surface area contributed by atoms with Gasteiger partial charge in [0, 0.05) is 5.56 Å². The van der Waals surface area contributed by atoms with Crippen LogP contribution in [0.1, 0.15) is 22.7 Å². The van der Waals surface area contributed by atoms with E-state index in [1.165, 1.54) is 18.3 Å². The molecular weight excluding hydrogens is 369 g/mol. The molecule has 0 bridgehead atoms. The van der Waals surface area contributed by atoms with Crippen LogP contribution in [-0.2, 0) is 0 Å². The summed E-state index contributed by atoms with van der Waals surface area (Å²) in [5, 5.41) is 1.88. The molecule has 2 rings (SSSR count). The fourth-order valence-corrected chi connectivity index (χ4v) is 3.12. The first-order chi connectivity index (χ1) is 8.54. The molecule has 0 radical (unpaired) electrons. The number of nitrogens with one attached hydrogen (secondary N) is 1. The smallest absolute Gasteiger partial charge is 0.164 e. The normalized spacial score (nSPS) is 12.7. The average Bonchev–Trinajstić information content (AvgIpc) is 2.77. The molecule has 96 valence electrons. The standard InChI is InChI=1S/C12H11F2IN2S/c1-6-2-3-8(11(14)10(6)13)12(17-16)7-4-9(15)18-5-7/h2-5,12,17H,16H2,1H3. The Balaban J connectivity index is 2.49. The average molecular weight is 380 g/mol. The molecule has 0 aliphatic rings. The van der Waals surface area contributed by atoms with Gasteiger partial charge >= 0.3 is 0 Å². The third-order valence-electron chi connectivity index (χ3n) is 2.70. The van der Waals surface area contributed by atoms with Crippen molar-refractivity contribution in [3.63, 3.8) is 0 Å². The van der Waals surface area contributed by atoms with Crippen LogP contribution >= 0.6 is 33.9 Å². The van der Waals surface area contributed by atoms with E-state index in [2.05, 4.69) is 28.0 Å². The van der Waals surface area contributed by atoms with Crippen molar-refractivity contribution >= 4 is 33.9 Å². The van der Waals surface area contributed by atoms with Crippen LogP contribution in [0.25, 0.3) is 0 Å². The molecule has 18 heavy (non-hydrogen) atoms. The predicted molar refractivity (Wildman–Crippen MR) is 77.3 cm³/mol. The highest BCUT2D eigenvalue weighted by Crippen LogP contribution is 2.29. The number of halogens is 3. The zero-order valence-electron chi connectivity index (χ0n) is 9.51. The lowest BCUT2D eigenvalue weighted by atomic mass is 10.00. The van der Waals surface area contributed by atoms with Gasteiger partial charge in [-0.25, -0.2) is 14.2 Å². The molecule has 0 aliphatic heterocycles. The van der Waals surface area contributed by atoms with Gasteiger partial charge in [-0.1, -0.05) is 12.1 Å². The first-order valence-corrected chi connectivity index (χ1v) is 7.15. The highest BCUT2D eigenvalue weighted by Gasteiger charge is 2.21.